The molecule has 0 saturated carbocycles. The van der Waals surface area contributed by atoms with Crippen LogP contribution in [-0.4, -0.2) is 24.9 Å². The number of hydrogen-bond donors (Lipinski definition) is 2. The van der Waals surface area contributed by atoms with Gasteiger partial charge in [-0.3, -0.25) is 0 Å². The van der Waals surface area contributed by atoms with Crippen LogP contribution in [0, 0.1) is 0 Å². The van der Waals surface area contributed by atoms with E-state index in [0.717, 1.165) is 0 Å². The van der Waals surface area contributed by atoms with Crippen molar-refractivity contribution in [3.8, 4) is 11.5 Å². The highest BCUT2D eigenvalue weighted by atomic mass is 35.5. The molecule has 1 fully saturated rings. The number of ether oxygens (including phenoxy) is 2. The Morgan fingerprint density at radius 1 is 1.56 bits per heavy atom. The molecule has 6 heteroatoms. The average molecular weight is 246 g/mol. The molecule has 2 rings (SSSR count). The number of aromatic hydroxyl groups is 1. The number of amides is 1. The van der Waals surface area contributed by atoms with Crippen LogP contribution in [0.3, 0.4) is 0 Å². The lowest BCUT2D eigenvalue weighted by molar-refractivity contribution is 0.177. The van der Waals surface area contributed by atoms with Gasteiger partial charge in [-0.2, -0.15) is 0 Å². The monoisotopic (exact) mass is 245 g/mol. The first-order valence-electron chi connectivity index (χ1n) is 4.51. The van der Waals surface area contributed by atoms with Gasteiger partial charge >= 0.3 is 6.09 Å². The molecule has 1 aromatic rings. The Bertz CT molecular complexity index is 396. The number of nitrogens with one attached hydrogen (secondary N) is 1. The summed E-state index contributed by atoms with van der Waals surface area (Å²) in [7, 11) is 1.54. The van der Waals surface area contributed by atoms with Crippen LogP contribution in [-0.2, 0) is 4.74 Å². The summed E-state index contributed by atoms with van der Waals surface area (Å²) in [6, 6.07) is 4.54. The molecule has 5 nitrogen and oxygen atoms in total. The molecule has 1 heterocycles. The molecule has 0 radical (unpaired) electrons. The third kappa shape index (κ3) is 2.30. The minimum absolute atomic E-state index is 0. The van der Waals surface area contributed by atoms with E-state index in [2.05, 4.69) is 5.32 Å². The summed E-state index contributed by atoms with van der Waals surface area (Å²) >= 11 is 0. The van der Waals surface area contributed by atoms with Crippen molar-refractivity contribution in [1.82, 2.24) is 5.32 Å². The molecule has 88 valence electrons. The van der Waals surface area contributed by atoms with Crippen LogP contribution in [0.4, 0.5) is 4.79 Å². The molecule has 16 heavy (non-hydrogen) atoms. The fraction of sp³-hybridized carbons (Fsp3) is 0.300. The standard InChI is InChI=1S/C10H11NO4.ClH/c1-14-6-2-3-9(12)7(4-6)8-5-15-10(13)11-8;/h2-4,8,12H,5H2,1H3,(H,11,13);1H/t8-;/m0./s1. The number of rotatable bonds is 2. The number of methoxy groups -OCH3 is 1. The van der Waals surface area contributed by atoms with Crippen LogP contribution in [0.2, 0.25) is 0 Å². The number of benzene rings is 1. The fourth-order valence-electron chi connectivity index (χ4n) is 1.49. The molecular formula is C10H12ClNO4. The SMILES string of the molecule is COc1ccc(O)c([C@@H]2COC(=O)N2)c1.Cl. The van der Waals surface area contributed by atoms with Gasteiger partial charge in [-0.1, -0.05) is 0 Å². The van der Waals surface area contributed by atoms with E-state index in [1.165, 1.54) is 6.07 Å². The smallest absolute Gasteiger partial charge is 0.407 e. The van der Waals surface area contributed by atoms with Gasteiger partial charge in [0.25, 0.3) is 0 Å². The van der Waals surface area contributed by atoms with Crippen molar-refractivity contribution in [3.05, 3.63) is 23.8 Å². The van der Waals surface area contributed by atoms with Crippen LogP contribution in [0.5, 0.6) is 11.5 Å². The van der Waals surface area contributed by atoms with Crippen molar-refractivity contribution in [2.45, 2.75) is 6.04 Å². The van der Waals surface area contributed by atoms with E-state index in [1.54, 1.807) is 19.2 Å². The van der Waals surface area contributed by atoms with Crippen molar-refractivity contribution < 1.29 is 19.4 Å². The maximum absolute atomic E-state index is 10.8. The van der Waals surface area contributed by atoms with E-state index < -0.39 is 6.09 Å². The van der Waals surface area contributed by atoms with Crippen LogP contribution >= 0.6 is 12.4 Å². The number of cyclic esters (lactones) is 1. The minimum atomic E-state index is -0.470. The van der Waals surface area contributed by atoms with Crippen molar-refractivity contribution in [2.24, 2.45) is 0 Å². The van der Waals surface area contributed by atoms with Crippen molar-refractivity contribution >= 4 is 18.5 Å². The van der Waals surface area contributed by atoms with Crippen LogP contribution in [0.15, 0.2) is 18.2 Å². The van der Waals surface area contributed by atoms with E-state index in [-0.39, 0.29) is 30.8 Å². The Hall–Kier alpha value is -1.62. The molecule has 1 amide bonds. The Morgan fingerprint density at radius 3 is 2.88 bits per heavy atom. The van der Waals surface area contributed by atoms with Gasteiger partial charge in [0.05, 0.1) is 13.2 Å². The topological polar surface area (TPSA) is 67.8 Å². The number of hydrogen-bond acceptors (Lipinski definition) is 4. The molecule has 1 aliphatic rings. The van der Waals surface area contributed by atoms with E-state index in [0.29, 0.717) is 11.3 Å². The van der Waals surface area contributed by atoms with Gasteiger partial charge in [0.2, 0.25) is 0 Å². The Morgan fingerprint density at radius 2 is 2.31 bits per heavy atom. The van der Waals surface area contributed by atoms with Gasteiger partial charge in [0.1, 0.15) is 18.1 Å². The first-order chi connectivity index (χ1) is 7.20. The number of carbonyl (C=O) groups excluding carboxylic acids is 1. The van der Waals surface area contributed by atoms with Crippen molar-refractivity contribution in [3.63, 3.8) is 0 Å². The fourth-order valence-corrected chi connectivity index (χ4v) is 1.49. The summed E-state index contributed by atoms with van der Waals surface area (Å²) in [6.45, 7) is 0.222. The number of phenols is 1. The summed E-state index contributed by atoms with van der Waals surface area (Å²) < 4.78 is 9.78. The molecule has 2 N–H and O–H groups in total. The van der Waals surface area contributed by atoms with E-state index in [1.807, 2.05) is 0 Å². The number of halogens is 1. The Labute approximate surface area is 98.8 Å². The lowest BCUT2D eigenvalue weighted by Gasteiger charge is -2.11. The van der Waals surface area contributed by atoms with Crippen LogP contribution < -0.4 is 10.1 Å². The first-order valence-corrected chi connectivity index (χ1v) is 4.51. The number of alkyl carbamates (subject to hydrolysis) is 1. The number of phenolic OH excluding ortho intramolecular Hbond substituents is 1. The van der Waals surface area contributed by atoms with Crippen molar-refractivity contribution in [2.75, 3.05) is 13.7 Å². The van der Waals surface area contributed by atoms with Gasteiger partial charge in [-0.25, -0.2) is 4.79 Å². The molecule has 0 unspecified atom stereocenters. The molecule has 0 aromatic heterocycles. The van der Waals surface area contributed by atoms with E-state index in [4.69, 9.17) is 9.47 Å². The molecule has 0 aliphatic carbocycles. The summed E-state index contributed by atoms with van der Waals surface area (Å²) in [5.41, 5.74) is 0.597. The van der Waals surface area contributed by atoms with Gasteiger partial charge < -0.3 is 19.9 Å². The van der Waals surface area contributed by atoms with Gasteiger partial charge in [-0.15, -0.1) is 12.4 Å². The minimum Gasteiger partial charge on any atom is -0.508 e. The third-order valence-electron chi connectivity index (χ3n) is 2.28. The third-order valence-corrected chi connectivity index (χ3v) is 2.28. The van der Waals surface area contributed by atoms with Crippen LogP contribution in [0.1, 0.15) is 11.6 Å². The zero-order valence-electron chi connectivity index (χ0n) is 8.60. The molecule has 1 aromatic carbocycles. The number of carbonyl (C=O) groups is 1. The molecule has 0 spiro atoms. The lowest BCUT2D eigenvalue weighted by atomic mass is 10.1. The molecule has 0 bridgehead atoms. The zero-order chi connectivity index (χ0) is 10.8. The quantitative estimate of drug-likeness (QED) is 0.831. The average Bonchev–Trinajstić information content (AvgIpc) is 2.65. The first kappa shape index (κ1) is 12.4. The Kier molecular flexibility index (Phi) is 3.84. The maximum Gasteiger partial charge on any atom is 0.407 e. The van der Waals surface area contributed by atoms with Crippen LogP contribution in [0.25, 0.3) is 0 Å². The van der Waals surface area contributed by atoms with Crippen molar-refractivity contribution in [1.29, 1.82) is 0 Å². The normalized spacial score (nSPS) is 18.3. The predicted molar refractivity (Wildman–Crippen MR) is 59.1 cm³/mol. The molecule has 1 atom stereocenters. The summed E-state index contributed by atoms with van der Waals surface area (Å²) in [6.07, 6.45) is -0.470. The summed E-state index contributed by atoms with van der Waals surface area (Å²) in [5, 5.41) is 12.2. The van der Waals surface area contributed by atoms with Gasteiger partial charge in [-0.05, 0) is 18.2 Å². The largest absolute Gasteiger partial charge is 0.508 e. The van der Waals surface area contributed by atoms with Gasteiger partial charge in [0, 0.05) is 5.56 Å². The summed E-state index contributed by atoms with van der Waals surface area (Å²) in [4.78, 5) is 10.8. The maximum atomic E-state index is 10.8. The highest BCUT2D eigenvalue weighted by molar-refractivity contribution is 5.85. The molecule has 1 saturated heterocycles. The molecule has 1 aliphatic heterocycles. The second-order valence-electron chi connectivity index (χ2n) is 3.22. The van der Waals surface area contributed by atoms with E-state index in [9.17, 15) is 9.90 Å². The predicted octanol–water partition coefficient (Wildman–Crippen LogP) is 1.60. The second-order valence-corrected chi connectivity index (χ2v) is 3.22. The highest BCUT2D eigenvalue weighted by Crippen LogP contribution is 2.30. The zero-order valence-corrected chi connectivity index (χ0v) is 9.41. The molecular weight excluding hydrogens is 234 g/mol. The Balaban J connectivity index is 0.00000128. The second kappa shape index (κ2) is 4.94. The lowest BCUT2D eigenvalue weighted by Crippen LogP contribution is -2.18. The van der Waals surface area contributed by atoms with Gasteiger partial charge in [0.15, 0.2) is 0 Å². The highest BCUT2D eigenvalue weighted by Gasteiger charge is 2.26. The summed E-state index contributed by atoms with van der Waals surface area (Å²) in [5.74, 6) is 0.746. The van der Waals surface area contributed by atoms with E-state index >= 15 is 0 Å².